The Hall–Kier alpha value is -1.55. The van der Waals surface area contributed by atoms with Crippen molar-refractivity contribution < 1.29 is 4.79 Å². The van der Waals surface area contributed by atoms with E-state index in [1.54, 1.807) is 0 Å². The van der Waals surface area contributed by atoms with Gasteiger partial charge in [0.15, 0.2) is 0 Å². The highest BCUT2D eigenvalue weighted by molar-refractivity contribution is 5.77. The van der Waals surface area contributed by atoms with E-state index in [0.717, 1.165) is 39.0 Å². The molecule has 116 valence electrons. The minimum Gasteiger partial charge on any atom is -0.368 e. The first-order chi connectivity index (χ1) is 10.1. The molecular weight excluding hydrogens is 262 g/mol. The lowest BCUT2D eigenvalue weighted by Crippen LogP contribution is -2.49. The largest absolute Gasteiger partial charge is 0.368 e. The van der Waals surface area contributed by atoms with Crippen LogP contribution in [-0.4, -0.2) is 43.0 Å². The summed E-state index contributed by atoms with van der Waals surface area (Å²) in [6.45, 7) is 7.64. The Labute approximate surface area is 127 Å². The second kappa shape index (κ2) is 7.46. The van der Waals surface area contributed by atoms with Crippen LogP contribution in [0.2, 0.25) is 0 Å². The standard InChI is InChI=1S/C17H27N3O/c1-3-6-15(18)13-17(21)20-11-9-19(10-12-20)16-8-5-4-7-14(16)2/h4-5,7-8,15H,3,6,9-13,18H2,1-2H3. The molecule has 1 saturated heterocycles. The predicted molar refractivity (Wildman–Crippen MR) is 87.5 cm³/mol. The molecule has 0 radical (unpaired) electrons. The lowest BCUT2D eigenvalue weighted by Gasteiger charge is -2.37. The van der Waals surface area contributed by atoms with Gasteiger partial charge in [-0.15, -0.1) is 0 Å². The topological polar surface area (TPSA) is 49.6 Å². The fourth-order valence-corrected chi connectivity index (χ4v) is 2.94. The van der Waals surface area contributed by atoms with Gasteiger partial charge in [-0.2, -0.15) is 0 Å². The van der Waals surface area contributed by atoms with Crippen molar-refractivity contribution in [3.05, 3.63) is 29.8 Å². The maximum absolute atomic E-state index is 12.2. The van der Waals surface area contributed by atoms with Crippen molar-refractivity contribution in [2.75, 3.05) is 31.1 Å². The summed E-state index contributed by atoms with van der Waals surface area (Å²) < 4.78 is 0. The van der Waals surface area contributed by atoms with E-state index < -0.39 is 0 Å². The molecule has 1 amide bonds. The Morgan fingerprint density at radius 1 is 1.24 bits per heavy atom. The molecule has 1 aliphatic heterocycles. The average Bonchev–Trinajstić information content (AvgIpc) is 2.48. The monoisotopic (exact) mass is 289 g/mol. The summed E-state index contributed by atoms with van der Waals surface area (Å²) >= 11 is 0. The van der Waals surface area contributed by atoms with E-state index in [0.29, 0.717) is 6.42 Å². The maximum atomic E-state index is 12.2. The summed E-state index contributed by atoms with van der Waals surface area (Å²) in [6.07, 6.45) is 2.45. The molecule has 1 atom stereocenters. The molecule has 2 rings (SSSR count). The number of hydrogen-bond acceptors (Lipinski definition) is 3. The molecule has 0 bridgehead atoms. The van der Waals surface area contributed by atoms with Crippen LogP contribution >= 0.6 is 0 Å². The molecule has 21 heavy (non-hydrogen) atoms. The zero-order valence-electron chi connectivity index (χ0n) is 13.2. The van der Waals surface area contributed by atoms with E-state index in [-0.39, 0.29) is 11.9 Å². The summed E-state index contributed by atoms with van der Waals surface area (Å²) in [6, 6.07) is 8.44. The van der Waals surface area contributed by atoms with Gasteiger partial charge in [0.25, 0.3) is 0 Å². The third-order valence-corrected chi connectivity index (χ3v) is 4.18. The summed E-state index contributed by atoms with van der Waals surface area (Å²) in [4.78, 5) is 16.5. The second-order valence-corrected chi connectivity index (χ2v) is 5.91. The van der Waals surface area contributed by atoms with Crippen LogP contribution in [0.4, 0.5) is 5.69 Å². The highest BCUT2D eigenvalue weighted by Gasteiger charge is 2.22. The van der Waals surface area contributed by atoms with Crippen LogP contribution in [0.1, 0.15) is 31.7 Å². The van der Waals surface area contributed by atoms with E-state index in [1.807, 2.05) is 4.90 Å². The van der Waals surface area contributed by atoms with Crippen LogP contribution in [0.15, 0.2) is 24.3 Å². The van der Waals surface area contributed by atoms with Crippen molar-refractivity contribution in [1.29, 1.82) is 0 Å². The van der Waals surface area contributed by atoms with Crippen LogP contribution in [-0.2, 0) is 4.79 Å². The second-order valence-electron chi connectivity index (χ2n) is 5.91. The van der Waals surface area contributed by atoms with Crippen LogP contribution in [0.5, 0.6) is 0 Å². The molecule has 1 fully saturated rings. The molecule has 2 N–H and O–H groups in total. The smallest absolute Gasteiger partial charge is 0.224 e. The number of para-hydroxylation sites is 1. The van der Waals surface area contributed by atoms with Gasteiger partial charge < -0.3 is 15.5 Å². The van der Waals surface area contributed by atoms with Gasteiger partial charge in [-0.3, -0.25) is 4.79 Å². The third kappa shape index (κ3) is 4.21. The van der Waals surface area contributed by atoms with Crippen molar-refractivity contribution in [1.82, 2.24) is 4.90 Å². The van der Waals surface area contributed by atoms with Crippen LogP contribution in [0.25, 0.3) is 0 Å². The Balaban J connectivity index is 1.86. The summed E-state index contributed by atoms with van der Waals surface area (Å²) in [5.74, 6) is 0.209. The van der Waals surface area contributed by atoms with E-state index in [9.17, 15) is 4.79 Å². The molecular formula is C17H27N3O. The van der Waals surface area contributed by atoms with Crippen LogP contribution in [0, 0.1) is 6.92 Å². The lowest BCUT2D eigenvalue weighted by molar-refractivity contribution is -0.131. The molecule has 1 aromatic carbocycles. The van der Waals surface area contributed by atoms with Gasteiger partial charge >= 0.3 is 0 Å². The van der Waals surface area contributed by atoms with Crippen LogP contribution in [0.3, 0.4) is 0 Å². The number of rotatable bonds is 5. The summed E-state index contributed by atoms with van der Waals surface area (Å²) in [5.41, 5.74) is 8.55. The van der Waals surface area contributed by atoms with E-state index in [2.05, 4.69) is 43.0 Å². The predicted octanol–water partition coefficient (Wildman–Crippen LogP) is 2.16. The lowest BCUT2D eigenvalue weighted by atomic mass is 10.1. The van der Waals surface area contributed by atoms with E-state index in [4.69, 9.17) is 5.73 Å². The van der Waals surface area contributed by atoms with Gasteiger partial charge in [-0.05, 0) is 25.0 Å². The van der Waals surface area contributed by atoms with Gasteiger partial charge in [-0.1, -0.05) is 31.5 Å². The first kappa shape index (κ1) is 15.8. The number of anilines is 1. The van der Waals surface area contributed by atoms with Crippen molar-refractivity contribution in [3.8, 4) is 0 Å². The molecule has 0 saturated carbocycles. The highest BCUT2D eigenvalue weighted by Crippen LogP contribution is 2.21. The number of piperazine rings is 1. The molecule has 1 aliphatic rings. The van der Waals surface area contributed by atoms with Crippen molar-refractivity contribution in [2.45, 2.75) is 39.2 Å². The average molecular weight is 289 g/mol. The Kier molecular flexibility index (Phi) is 5.62. The van der Waals surface area contributed by atoms with Crippen molar-refractivity contribution >= 4 is 11.6 Å². The number of carbonyl (C=O) groups is 1. The fourth-order valence-electron chi connectivity index (χ4n) is 2.94. The molecule has 1 aromatic rings. The molecule has 0 aromatic heterocycles. The van der Waals surface area contributed by atoms with Gasteiger partial charge in [0.05, 0.1) is 0 Å². The Morgan fingerprint density at radius 2 is 1.90 bits per heavy atom. The molecule has 0 spiro atoms. The van der Waals surface area contributed by atoms with E-state index >= 15 is 0 Å². The number of carbonyl (C=O) groups excluding carboxylic acids is 1. The molecule has 0 aliphatic carbocycles. The number of nitrogens with two attached hydrogens (primary N) is 1. The molecule has 1 heterocycles. The number of aryl methyl sites for hydroxylation is 1. The number of amides is 1. The third-order valence-electron chi connectivity index (χ3n) is 4.18. The Bertz CT molecular complexity index is 467. The fraction of sp³-hybridized carbons (Fsp3) is 0.588. The van der Waals surface area contributed by atoms with Crippen molar-refractivity contribution in [3.63, 3.8) is 0 Å². The van der Waals surface area contributed by atoms with Gasteiger partial charge in [0.2, 0.25) is 5.91 Å². The number of hydrogen-bond donors (Lipinski definition) is 1. The molecule has 4 nitrogen and oxygen atoms in total. The van der Waals surface area contributed by atoms with Crippen molar-refractivity contribution in [2.24, 2.45) is 5.73 Å². The minimum absolute atomic E-state index is 0.0110. The summed E-state index contributed by atoms with van der Waals surface area (Å²) in [5, 5.41) is 0. The van der Waals surface area contributed by atoms with Gasteiger partial charge in [-0.25, -0.2) is 0 Å². The zero-order chi connectivity index (χ0) is 15.2. The zero-order valence-corrected chi connectivity index (χ0v) is 13.2. The minimum atomic E-state index is 0.0110. The normalized spacial score (nSPS) is 16.9. The van der Waals surface area contributed by atoms with Crippen LogP contribution < -0.4 is 10.6 Å². The quantitative estimate of drug-likeness (QED) is 0.903. The van der Waals surface area contributed by atoms with E-state index in [1.165, 1.54) is 11.3 Å². The SMILES string of the molecule is CCCC(N)CC(=O)N1CCN(c2ccccc2C)CC1. The highest BCUT2D eigenvalue weighted by atomic mass is 16.2. The molecule has 4 heteroatoms. The first-order valence-electron chi connectivity index (χ1n) is 7.95. The Morgan fingerprint density at radius 3 is 2.52 bits per heavy atom. The van der Waals surface area contributed by atoms with Gasteiger partial charge in [0, 0.05) is 44.3 Å². The molecule has 1 unspecified atom stereocenters. The summed E-state index contributed by atoms with van der Waals surface area (Å²) in [7, 11) is 0. The van der Waals surface area contributed by atoms with Gasteiger partial charge in [0.1, 0.15) is 0 Å². The number of benzene rings is 1. The first-order valence-corrected chi connectivity index (χ1v) is 7.95. The number of nitrogens with zero attached hydrogens (tertiary/aromatic N) is 2. The maximum Gasteiger partial charge on any atom is 0.224 e.